The molecule has 1 heterocycles. The van der Waals surface area contributed by atoms with Crippen molar-refractivity contribution in [3.63, 3.8) is 0 Å². The maximum absolute atomic E-state index is 6.19. The molecule has 1 aromatic heterocycles. The molecule has 0 N–H and O–H groups in total. The predicted molar refractivity (Wildman–Crippen MR) is 101 cm³/mol. The van der Waals surface area contributed by atoms with Crippen molar-refractivity contribution in [2.45, 2.75) is 48.0 Å². The fraction of sp³-hybridized carbons (Fsp3) is 0.526. The number of halogens is 1. The zero-order valence-corrected chi connectivity index (χ0v) is 16.4. The van der Waals surface area contributed by atoms with Crippen molar-refractivity contribution in [2.75, 3.05) is 6.61 Å². The van der Waals surface area contributed by atoms with Gasteiger partial charge < -0.3 is 4.74 Å². The van der Waals surface area contributed by atoms with E-state index < -0.39 is 0 Å². The fourth-order valence-corrected chi connectivity index (χ4v) is 3.78. The molecule has 2 aromatic rings. The number of hydrogen-bond acceptors (Lipinski definition) is 3. The highest BCUT2D eigenvalue weighted by atomic mass is 35.5. The minimum absolute atomic E-state index is 0.201. The van der Waals surface area contributed by atoms with Gasteiger partial charge in [0, 0.05) is 10.4 Å². The van der Waals surface area contributed by atoms with Gasteiger partial charge in [-0.2, -0.15) is 0 Å². The lowest BCUT2D eigenvalue weighted by atomic mass is 9.90. The number of rotatable bonds is 5. The van der Waals surface area contributed by atoms with E-state index in [2.05, 4.69) is 64.7 Å². The van der Waals surface area contributed by atoms with Crippen LogP contribution in [0.3, 0.4) is 0 Å². The van der Waals surface area contributed by atoms with Gasteiger partial charge in [-0.3, -0.25) is 0 Å². The monoisotopic (exact) mass is 351 g/mol. The lowest BCUT2D eigenvalue weighted by molar-refractivity contribution is 0.269. The summed E-state index contributed by atoms with van der Waals surface area (Å²) in [4.78, 5) is 5.80. The molecule has 0 aliphatic heterocycles. The van der Waals surface area contributed by atoms with Crippen molar-refractivity contribution in [2.24, 2.45) is 11.3 Å². The topological polar surface area (TPSA) is 22.1 Å². The van der Waals surface area contributed by atoms with Crippen molar-refractivity contribution in [1.82, 2.24) is 4.98 Å². The smallest absolute Gasteiger partial charge is 0.184 e. The molecule has 4 heteroatoms. The Morgan fingerprint density at radius 1 is 1.26 bits per heavy atom. The summed E-state index contributed by atoms with van der Waals surface area (Å²) in [5, 5.41) is 0. The van der Waals surface area contributed by atoms with Gasteiger partial charge in [0.05, 0.1) is 12.3 Å². The van der Waals surface area contributed by atoms with Crippen molar-refractivity contribution in [3.8, 4) is 17.0 Å². The van der Waals surface area contributed by atoms with Crippen molar-refractivity contribution < 1.29 is 4.74 Å². The van der Waals surface area contributed by atoms with Gasteiger partial charge in [-0.25, -0.2) is 4.98 Å². The highest BCUT2D eigenvalue weighted by Crippen LogP contribution is 2.37. The lowest BCUT2D eigenvalue weighted by Gasteiger charge is -2.18. The average Bonchev–Trinajstić information content (AvgIpc) is 2.76. The molecule has 0 atom stereocenters. The van der Waals surface area contributed by atoms with Crippen LogP contribution < -0.4 is 4.74 Å². The van der Waals surface area contributed by atoms with Crippen LogP contribution in [0.4, 0.5) is 0 Å². The molecule has 0 fully saturated rings. The first-order valence-corrected chi connectivity index (χ1v) is 9.24. The molecule has 1 aromatic carbocycles. The molecule has 2 nitrogen and oxygen atoms in total. The molecule has 0 radical (unpaired) electrons. The van der Waals surface area contributed by atoms with E-state index in [-0.39, 0.29) is 5.41 Å². The minimum Gasteiger partial charge on any atom is -0.493 e. The third-order valence-corrected chi connectivity index (χ3v) is 4.56. The van der Waals surface area contributed by atoms with Crippen LogP contribution in [0.5, 0.6) is 5.75 Å². The molecule has 23 heavy (non-hydrogen) atoms. The Morgan fingerprint density at radius 2 is 1.96 bits per heavy atom. The number of benzene rings is 1. The molecule has 0 saturated heterocycles. The molecule has 0 saturated carbocycles. The Labute approximate surface area is 148 Å². The Balaban J connectivity index is 2.37. The van der Waals surface area contributed by atoms with Crippen molar-refractivity contribution in [1.29, 1.82) is 0 Å². The molecule has 0 bridgehead atoms. The number of hydrogen-bond donors (Lipinski definition) is 0. The minimum atomic E-state index is 0.201. The Bertz CT molecular complexity index is 670. The van der Waals surface area contributed by atoms with Crippen LogP contribution in [-0.4, -0.2) is 11.6 Å². The first-order valence-electron chi connectivity index (χ1n) is 8.05. The van der Waals surface area contributed by atoms with E-state index in [9.17, 15) is 0 Å². The van der Waals surface area contributed by atoms with Gasteiger partial charge in [0.1, 0.15) is 5.75 Å². The second-order valence-electron chi connectivity index (χ2n) is 7.66. The van der Waals surface area contributed by atoms with Crippen LogP contribution >= 0.6 is 22.9 Å². The Morgan fingerprint density at radius 3 is 2.57 bits per heavy atom. The van der Waals surface area contributed by atoms with Gasteiger partial charge in [0.15, 0.2) is 4.47 Å². The summed E-state index contributed by atoms with van der Waals surface area (Å²) in [5.74, 6) is 1.44. The molecule has 0 aliphatic carbocycles. The third-order valence-electron chi connectivity index (χ3n) is 3.40. The van der Waals surface area contributed by atoms with Gasteiger partial charge in [0.25, 0.3) is 0 Å². The molecule has 0 unspecified atom stereocenters. The summed E-state index contributed by atoms with van der Waals surface area (Å²) in [6.07, 6.45) is 0.961. The van der Waals surface area contributed by atoms with Crippen molar-refractivity contribution >= 4 is 22.9 Å². The van der Waals surface area contributed by atoms with Gasteiger partial charge in [-0.15, -0.1) is 11.3 Å². The fourth-order valence-electron chi connectivity index (χ4n) is 2.31. The molecule has 0 aliphatic rings. The molecule has 0 spiro atoms. The van der Waals surface area contributed by atoms with E-state index in [0.29, 0.717) is 10.4 Å². The van der Waals surface area contributed by atoms with E-state index >= 15 is 0 Å². The zero-order chi connectivity index (χ0) is 17.2. The van der Waals surface area contributed by atoms with E-state index in [1.807, 2.05) is 0 Å². The number of aromatic nitrogens is 1. The number of ether oxygens (including phenoxy) is 1. The summed E-state index contributed by atoms with van der Waals surface area (Å²) < 4.78 is 6.55. The van der Waals surface area contributed by atoms with Crippen LogP contribution in [0.15, 0.2) is 18.2 Å². The second kappa shape index (κ2) is 7.23. The Hall–Kier alpha value is -1.06. The molecular formula is C19H26ClNOS. The van der Waals surface area contributed by atoms with Crippen LogP contribution in [0, 0.1) is 18.3 Å². The third kappa shape index (κ3) is 5.22. The average molecular weight is 352 g/mol. The van der Waals surface area contributed by atoms with Crippen LogP contribution in [-0.2, 0) is 6.42 Å². The highest BCUT2D eigenvalue weighted by Gasteiger charge is 2.19. The lowest BCUT2D eigenvalue weighted by Crippen LogP contribution is -2.09. The molecule has 2 rings (SSSR count). The summed E-state index contributed by atoms with van der Waals surface area (Å²) >= 11 is 7.77. The largest absolute Gasteiger partial charge is 0.493 e. The first-order chi connectivity index (χ1) is 10.7. The predicted octanol–water partition coefficient (Wildman–Crippen LogP) is 6.40. The van der Waals surface area contributed by atoms with Crippen LogP contribution in [0.2, 0.25) is 4.47 Å². The summed E-state index contributed by atoms with van der Waals surface area (Å²) in [5.41, 5.74) is 3.42. The maximum Gasteiger partial charge on any atom is 0.184 e. The zero-order valence-electron chi connectivity index (χ0n) is 14.9. The molecule has 0 amide bonds. The summed E-state index contributed by atoms with van der Waals surface area (Å²) in [6, 6.07) is 6.30. The molecule has 126 valence electrons. The number of nitrogens with zero attached hydrogens (tertiary/aromatic N) is 1. The second-order valence-corrected chi connectivity index (χ2v) is 9.33. The van der Waals surface area contributed by atoms with Crippen LogP contribution in [0.1, 0.15) is 45.1 Å². The summed E-state index contributed by atoms with van der Waals surface area (Å²) in [6.45, 7) is 13.8. The van der Waals surface area contributed by atoms with Crippen molar-refractivity contribution in [3.05, 3.63) is 33.1 Å². The molecular weight excluding hydrogens is 326 g/mol. The normalized spacial score (nSPS) is 12.0. The standard InChI is InChI=1S/C19H26ClNOS/c1-12(2)11-22-15-9-14(8-7-13(15)3)17-16(10-19(4,5)6)23-18(20)21-17/h7-9,12H,10-11H2,1-6H3. The SMILES string of the molecule is Cc1ccc(-c2nc(Cl)sc2CC(C)(C)C)cc1OCC(C)C. The summed E-state index contributed by atoms with van der Waals surface area (Å²) in [7, 11) is 0. The van der Waals surface area contributed by atoms with Gasteiger partial charge in [0.2, 0.25) is 0 Å². The van der Waals surface area contributed by atoms with E-state index in [0.717, 1.165) is 35.6 Å². The highest BCUT2D eigenvalue weighted by molar-refractivity contribution is 7.16. The van der Waals surface area contributed by atoms with Gasteiger partial charge >= 0.3 is 0 Å². The maximum atomic E-state index is 6.19. The Kier molecular flexibility index (Phi) is 5.74. The van der Waals surface area contributed by atoms with Crippen LogP contribution in [0.25, 0.3) is 11.3 Å². The quantitative estimate of drug-likeness (QED) is 0.622. The first kappa shape index (κ1) is 18.3. The van der Waals surface area contributed by atoms with E-state index in [1.54, 1.807) is 11.3 Å². The van der Waals surface area contributed by atoms with E-state index in [1.165, 1.54) is 4.88 Å². The van der Waals surface area contributed by atoms with Gasteiger partial charge in [-0.05, 0) is 36.3 Å². The number of thiazole rings is 1. The van der Waals surface area contributed by atoms with E-state index in [4.69, 9.17) is 16.3 Å². The van der Waals surface area contributed by atoms with Gasteiger partial charge in [-0.1, -0.05) is 58.4 Å². The number of aryl methyl sites for hydroxylation is 1.